The van der Waals surface area contributed by atoms with Crippen LogP contribution in [0.15, 0.2) is 0 Å². The van der Waals surface area contributed by atoms with Crippen molar-refractivity contribution in [2.45, 2.75) is 24.6 Å². The number of carbonyl (C=O) groups excluding carboxylic acids is 1. The molecule has 0 heterocycles. The Morgan fingerprint density at radius 3 is 2.50 bits per heavy atom. The summed E-state index contributed by atoms with van der Waals surface area (Å²) in [6, 6.07) is 0. The minimum absolute atomic E-state index is 0.473. The Morgan fingerprint density at radius 2 is 2.10 bits per heavy atom. The zero-order chi connectivity index (χ0) is 7.98. The zero-order valence-corrected chi connectivity index (χ0v) is 7.16. The first-order valence-corrected chi connectivity index (χ1v) is 4.03. The van der Waals surface area contributed by atoms with Crippen LogP contribution in [-0.2, 0) is 4.79 Å². The summed E-state index contributed by atoms with van der Waals surface area (Å²) in [5.41, 5.74) is 5.23. The summed E-state index contributed by atoms with van der Waals surface area (Å²) in [5, 5.41) is -1.01. The summed E-state index contributed by atoms with van der Waals surface area (Å²) < 4.78 is 0. The highest BCUT2D eigenvalue weighted by Gasteiger charge is 2.10. The van der Waals surface area contributed by atoms with Gasteiger partial charge < -0.3 is 5.73 Å². The van der Waals surface area contributed by atoms with Gasteiger partial charge in [-0.05, 0) is 31.0 Å². The van der Waals surface area contributed by atoms with Crippen molar-refractivity contribution < 1.29 is 4.79 Å². The number of nitrogens with two attached hydrogens (primary N) is 1. The fourth-order valence-corrected chi connectivity index (χ4v) is 0.845. The molecule has 4 heteroatoms. The molecule has 60 valence electrons. The van der Waals surface area contributed by atoms with Crippen LogP contribution in [-0.4, -0.2) is 17.2 Å². The topological polar surface area (TPSA) is 43.1 Å². The van der Waals surface area contributed by atoms with E-state index in [0.29, 0.717) is 13.0 Å². The first kappa shape index (κ1) is 10.2. The van der Waals surface area contributed by atoms with Gasteiger partial charge in [0.25, 0.3) is 0 Å². The molecule has 0 spiro atoms. The van der Waals surface area contributed by atoms with E-state index >= 15 is 0 Å². The molecule has 0 aromatic rings. The Kier molecular flexibility index (Phi) is 6.08. The van der Waals surface area contributed by atoms with Crippen LogP contribution in [0.3, 0.4) is 0 Å². The number of hydrogen-bond acceptors (Lipinski definition) is 2. The van der Waals surface area contributed by atoms with E-state index in [1.807, 2.05) is 0 Å². The van der Waals surface area contributed by atoms with Crippen LogP contribution in [0.5, 0.6) is 0 Å². The van der Waals surface area contributed by atoms with Crippen LogP contribution in [0.1, 0.15) is 19.3 Å². The molecule has 10 heavy (non-hydrogen) atoms. The third kappa shape index (κ3) is 5.03. The smallest absolute Gasteiger partial charge is 0.239 e. The van der Waals surface area contributed by atoms with Crippen molar-refractivity contribution in [3.63, 3.8) is 0 Å². The first-order valence-electron chi connectivity index (χ1n) is 3.22. The van der Waals surface area contributed by atoms with E-state index in [4.69, 9.17) is 28.9 Å². The quantitative estimate of drug-likeness (QED) is 0.399. The molecule has 0 aromatic heterocycles. The molecule has 0 aliphatic heterocycles. The molecule has 0 aromatic carbocycles. The molecule has 0 aliphatic rings. The highest BCUT2D eigenvalue weighted by Crippen LogP contribution is 2.09. The molecular formula is C6H11Cl2NO. The number of halogens is 2. The summed E-state index contributed by atoms with van der Waals surface area (Å²) in [4.78, 5) is 10.3. The van der Waals surface area contributed by atoms with Crippen molar-refractivity contribution in [2.75, 3.05) is 6.54 Å². The highest BCUT2D eigenvalue weighted by atomic mass is 35.5. The third-order valence-corrected chi connectivity index (χ3v) is 1.95. The SMILES string of the molecule is NCCCCC(Cl)C(=O)Cl. The van der Waals surface area contributed by atoms with Gasteiger partial charge in [0.15, 0.2) is 0 Å². The van der Waals surface area contributed by atoms with Crippen LogP contribution in [0.4, 0.5) is 0 Å². The van der Waals surface area contributed by atoms with Crippen molar-refractivity contribution in [3.05, 3.63) is 0 Å². The van der Waals surface area contributed by atoms with Crippen LogP contribution in [0.2, 0.25) is 0 Å². The molecule has 0 bridgehead atoms. The van der Waals surface area contributed by atoms with Gasteiger partial charge in [-0.15, -0.1) is 11.6 Å². The minimum atomic E-state index is -0.534. The van der Waals surface area contributed by atoms with Crippen LogP contribution >= 0.6 is 23.2 Å². The van der Waals surface area contributed by atoms with E-state index in [2.05, 4.69) is 0 Å². The lowest BCUT2D eigenvalue weighted by molar-refractivity contribution is -0.111. The highest BCUT2D eigenvalue weighted by molar-refractivity contribution is 6.69. The summed E-state index contributed by atoms with van der Waals surface area (Å²) in [7, 11) is 0. The van der Waals surface area contributed by atoms with Gasteiger partial charge >= 0.3 is 0 Å². The molecule has 0 fully saturated rings. The molecular weight excluding hydrogens is 173 g/mol. The lowest BCUT2D eigenvalue weighted by Crippen LogP contribution is -2.08. The van der Waals surface area contributed by atoms with Crippen LogP contribution < -0.4 is 5.73 Å². The molecule has 0 amide bonds. The molecule has 0 radical (unpaired) electrons. The number of hydrogen-bond donors (Lipinski definition) is 1. The second-order valence-electron chi connectivity index (χ2n) is 2.06. The number of alkyl halides is 1. The fraction of sp³-hybridized carbons (Fsp3) is 0.833. The lowest BCUT2D eigenvalue weighted by Gasteiger charge is -2.01. The van der Waals surface area contributed by atoms with Crippen molar-refractivity contribution in [3.8, 4) is 0 Å². The van der Waals surface area contributed by atoms with E-state index in [1.54, 1.807) is 0 Å². The summed E-state index contributed by atoms with van der Waals surface area (Å²) in [6.07, 6.45) is 2.39. The second-order valence-corrected chi connectivity index (χ2v) is 2.96. The Bertz CT molecular complexity index is 108. The Morgan fingerprint density at radius 1 is 1.50 bits per heavy atom. The maximum absolute atomic E-state index is 10.3. The Balaban J connectivity index is 3.21. The molecule has 2 N–H and O–H groups in total. The summed E-state index contributed by atoms with van der Waals surface area (Å²) in [6.45, 7) is 0.639. The first-order chi connectivity index (χ1) is 4.68. The molecule has 0 saturated heterocycles. The van der Waals surface area contributed by atoms with Crippen LogP contribution in [0.25, 0.3) is 0 Å². The normalized spacial score (nSPS) is 13.1. The van der Waals surface area contributed by atoms with Crippen molar-refractivity contribution >= 4 is 28.4 Å². The Hall–Kier alpha value is 0.210. The average Bonchev–Trinajstić information content (AvgIpc) is 1.88. The number of rotatable bonds is 5. The summed E-state index contributed by atoms with van der Waals surface area (Å²) in [5.74, 6) is 0. The van der Waals surface area contributed by atoms with Gasteiger partial charge in [0.2, 0.25) is 5.24 Å². The van der Waals surface area contributed by atoms with Crippen LogP contribution in [0, 0.1) is 0 Å². The van der Waals surface area contributed by atoms with Gasteiger partial charge in [-0.2, -0.15) is 0 Å². The standard InChI is InChI=1S/C6H11Cl2NO/c7-5(6(8)10)3-1-2-4-9/h5H,1-4,9H2. The lowest BCUT2D eigenvalue weighted by atomic mass is 10.2. The predicted octanol–water partition coefficient (Wildman–Crippen LogP) is 1.49. The van der Waals surface area contributed by atoms with Crippen molar-refractivity contribution in [1.82, 2.24) is 0 Å². The van der Waals surface area contributed by atoms with Crippen molar-refractivity contribution in [1.29, 1.82) is 0 Å². The largest absolute Gasteiger partial charge is 0.330 e. The maximum Gasteiger partial charge on any atom is 0.239 e. The third-order valence-electron chi connectivity index (χ3n) is 1.16. The average molecular weight is 184 g/mol. The van der Waals surface area contributed by atoms with E-state index in [-0.39, 0.29) is 0 Å². The van der Waals surface area contributed by atoms with Crippen molar-refractivity contribution in [2.24, 2.45) is 5.73 Å². The van der Waals surface area contributed by atoms with E-state index < -0.39 is 10.6 Å². The number of carbonyl (C=O) groups is 1. The monoisotopic (exact) mass is 183 g/mol. The van der Waals surface area contributed by atoms with E-state index in [1.165, 1.54) is 0 Å². The molecule has 0 aliphatic carbocycles. The molecule has 0 rings (SSSR count). The van der Waals surface area contributed by atoms with E-state index in [0.717, 1.165) is 12.8 Å². The molecule has 0 saturated carbocycles. The van der Waals surface area contributed by atoms with Gasteiger partial charge in [-0.1, -0.05) is 6.42 Å². The van der Waals surface area contributed by atoms with Gasteiger partial charge in [-0.25, -0.2) is 0 Å². The minimum Gasteiger partial charge on any atom is -0.330 e. The zero-order valence-electron chi connectivity index (χ0n) is 5.65. The van der Waals surface area contributed by atoms with E-state index in [9.17, 15) is 4.79 Å². The van der Waals surface area contributed by atoms with Gasteiger partial charge in [0.1, 0.15) is 5.38 Å². The van der Waals surface area contributed by atoms with Gasteiger partial charge in [0, 0.05) is 0 Å². The predicted molar refractivity (Wildman–Crippen MR) is 43.4 cm³/mol. The van der Waals surface area contributed by atoms with Gasteiger partial charge in [0.05, 0.1) is 0 Å². The molecule has 1 atom stereocenters. The summed E-state index contributed by atoms with van der Waals surface area (Å²) >= 11 is 10.6. The fourth-order valence-electron chi connectivity index (χ4n) is 0.581. The molecule has 1 unspecified atom stereocenters. The van der Waals surface area contributed by atoms with Gasteiger partial charge in [-0.3, -0.25) is 4.79 Å². The second kappa shape index (κ2) is 5.96. The Labute approximate surface area is 70.7 Å². The number of unbranched alkanes of at least 4 members (excludes halogenated alkanes) is 1. The maximum atomic E-state index is 10.3. The molecule has 2 nitrogen and oxygen atoms in total.